The summed E-state index contributed by atoms with van der Waals surface area (Å²) < 4.78 is 11.6. The fourth-order valence-electron chi connectivity index (χ4n) is 5.38. The predicted molar refractivity (Wildman–Crippen MR) is 148 cm³/mol. The Kier molecular flexibility index (Phi) is 6.61. The Morgan fingerprint density at radius 3 is 2.08 bits per heavy atom. The molecule has 0 amide bonds. The zero-order chi connectivity index (χ0) is 25.0. The number of hydrogen-bond acceptors (Lipinski definition) is 5. The average Bonchev–Trinajstić information content (AvgIpc) is 3.30. The largest absolute Gasteiger partial charge is 0.493 e. The summed E-state index contributed by atoms with van der Waals surface area (Å²) in [6.07, 6.45) is 1.92. The van der Waals surface area contributed by atoms with E-state index in [0.29, 0.717) is 12.6 Å². The van der Waals surface area contributed by atoms with Crippen LogP contribution >= 0.6 is 0 Å². The predicted octanol–water partition coefficient (Wildman–Crippen LogP) is 6.00. The summed E-state index contributed by atoms with van der Waals surface area (Å²) in [5, 5.41) is 6.97. The summed E-state index contributed by atoms with van der Waals surface area (Å²) in [6.45, 7) is 4.22. The highest BCUT2D eigenvalue weighted by Crippen LogP contribution is 2.46. The minimum Gasteiger partial charge on any atom is -0.493 e. The molecule has 5 nitrogen and oxygen atoms in total. The van der Waals surface area contributed by atoms with E-state index in [1.54, 1.807) is 7.11 Å². The molecule has 1 fully saturated rings. The van der Waals surface area contributed by atoms with Crippen molar-refractivity contribution < 1.29 is 9.47 Å². The Hall–Kier alpha value is -4.09. The van der Waals surface area contributed by atoms with Crippen molar-refractivity contribution in [1.29, 1.82) is 0 Å². The van der Waals surface area contributed by atoms with E-state index >= 15 is 0 Å². The van der Waals surface area contributed by atoms with Crippen LogP contribution < -0.4 is 9.47 Å². The van der Waals surface area contributed by atoms with Crippen LogP contribution in [0.25, 0.3) is 11.1 Å². The number of hydrogen-bond donors (Lipinski definition) is 0. The van der Waals surface area contributed by atoms with Crippen LogP contribution in [0.1, 0.15) is 28.3 Å². The lowest BCUT2D eigenvalue weighted by Gasteiger charge is -2.37. The highest BCUT2D eigenvalue weighted by Gasteiger charge is 2.33. The minimum absolute atomic E-state index is 0.324. The van der Waals surface area contributed by atoms with Gasteiger partial charge in [0.25, 0.3) is 0 Å². The third kappa shape index (κ3) is 4.83. The van der Waals surface area contributed by atoms with Gasteiger partial charge in [0.2, 0.25) is 0 Å². The molecular formula is C32H31N3O2. The van der Waals surface area contributed by atoms with Gasteiger partial charge in [-0.1, -0.05) is 78.9 Å². The number of nitrogens with zero attached hydrogens (tertiary/aromatic N) is 3. The van der Waals surface area contributed by atoms with Gasteiger partial charge < -0.3 is 9.47 Å². The summed E-state index contributed by atoms with van der Waals surface area (Å²) in [5.41, 5.74) is 7.68. The first-order valence-electron chi connectivity index (χ1n) is 12.9. The molecule has 0 atom stereocenters. The van der Waals surface area contributed by atoms with Gasteiger partial charge in [-0.3, -0.25) is 9.91 Å². The van der Waals surface area contributed by atoms with Crippen molar-refractivity contribution in [1.82, 2.24) is 9.91 Å². The van der Waals surface area contributed by atoms with Gasteiger partial charge in [0, 0.05) is 26.2 Å². The molecule has 0 spiro atoms. The summed E-state index contributed by atoms with van der Waals surface area (Å²) in [7, 11) is 1.67. The van der Waals surface area contributed by atoms with Crippen molar-refractivity contribution in [3.63, 3.8) is 0 Å². The van der Waals surface area contributed by atoms with E-state index in [-0.39, 0.29) is 0 Å². The molecule has 4 aromatic rings. The molecule has 0 N–H and O–H groups in total. The smallest absolute Gasteiger partial charge is 0.162 e. The Morgan fingerprint density at radius 1 is 0.757 bits per heavy atom. The molecule has 37 heavy (non-hydrogen) atoms. The summed E-state index contributed by atoms with van der Waals surface area (Å²) >= 11 is 0. The Morgan fingerprint density at radius 2 is 1.41 bits per heavy atom. The van der Waals surface area contributed by atoms with Crippen LogP contribution in [0.3, 0.4) is 0 Å². The van der Waals surface area contributed by atoms with Gasteiger partial charge in [0.1, 0.15) is 6.61 Å². The van der Waals surface area contributed by atoms with Crippen molar-refractivity contribution in [2.75, 3.05) is 33.3 Å². The summed E-state index contributed by atoms with van der Waals surface area (Å²) in [5.74, 6) is 1.44. The maximum absolute atomic E-state index is 6.07. The normalized spacial score (nSPS) is 15.5. The maximum atomic E-state index is 6.07. The molecule has 6 rings (SSSR count). The SMILES string of the molecule is COc1ccc(/C=N/N2CCN(C3c4ccccc4-c4ccccc43)CC2)cc1OCc1ccccc1. The fraction of sp³-hybridized carbons (Fsp3) is 0.219. The van der Waals surface area contributed by atoms with Gasteiger partial charge in [-0.15, -0.1) is 0 Å². The second-order valence-corrected chi connectivity index (χ2v) is 9.50. The molecule has 0 aromatic heterocycles. The van der Waals surface area contributed by atoms with E-state index in [0.717, 1.165) is 48.8 Å². The first-order chi connectivity index (χ1) is 18.3. The second kappa shape index (κ2) is 10.5. The molecule has 1 aliphatic heterocycles. The molecule has 0 unspecified atom stereocenters. The molecule has 0 saturated carbocycles. The summed E-state index contributed by atoms with van der Waals surface area (Å²) in [6, 6.07) is 34.1. The van der Waals surface area contributed by atoms with Gasteiger partial charge in [0.15, 0.2) is 11.5 Å². The molecule has 1 saturated heterocycles. The number of rotatable bonds is 7. The zero-order valence-electron chi connectivity index (χ0n) is 21.1. The minimum atomic E-state index is 0.324. The third-order valence-electron chi connectivity index (χ3n) is 7.25. The van der Waals surface area contributed by atoms with Crippen molar-refractivity contribution in [2.45, 2.75) is 12.6 Å². The van der Waals surface area contributed by atoms with E-state index in [4.69, 9.17) is 14.6 Å². The highest BCUT2D eigenvalue weighted by atomic mass is 16.5. The van der Waals surface area contributed by atoms with Crippen molar-refractivity contribution in [3.8, 4) is 22.6 Å². The molecule has 0 bridgehead atoms. The lowest BCUT2D eigenvalue weighted by atomic mass is 10.0. The van der Waals surface area contributed by atoms with Crippen LogP contribution in [-0.2, 0) is 6.61 Å². The summed E-state index contributed by atoms with van der Waals surface area (Å²) in [4.78, 5) is 2.60. The molecular weight excluding hydrogens is 458 g/mol. The van der Waals surface area contributed by atoms with Crippen LogP contribution in [-0.4, -0.2) is 49.4 Å². The van der Waals surface area contributed by atoms with Crippen molar-refractivity contribution in [3.05, 3.63) is 119 Å². The van der Waals surface area contributed by atoms with Crippen LogP contribution in [0, 0.1) is 0 Å². The number of hydrazone groups is 1. The topological polar surface area (TPSA) is 37.3 Å². The van der Waals surface area contributed by atoms with Crippen LogP contribution in [0.2, 0.25) is 0 Å². The second-order valence-electron chi connectivity index (χ2n) is 9.50. The molecule has 2 aliphatic rings. The Labute approximate surface area is 218 Å². The lowest BCUT2D eigenvalue weighted by Crippen LogP contribution is -2.45. The molecule has 5 heteroatoms. The van der Waals surface area contributed by atoms with Gasteiger partial charge >= 0.3 is 0 Å². The molecule has 1 heterocycles. The molecule has 1 aliphatic carbocycles. The average molecular weight is 490 g/mol. The lowest BCUT2D eigenvalue weighted by molar-refractivity contribution is 0.114. The maximum Gasteiger partial charge on any atom is 0.162 e. The molecule has 0 radical (unpaired) electrons. The van der Waals surface area contributed by atoms with Crippen LogP contribution in [0.5, 0.6) is 11.5 Å². The van der Waals surface area contributed by atoms with Crippen molar-refractivity contribution in [2.24, 2.45) is 5.10 Å². The van der Waals surface area contributed by atoms with Gasteiger partial charge in [-0.05, 0) is 51.6 Å². The first kappa shape index (κ1) is 23.3. The van der Waals surface area contributed by atoms with E-state index in [1.807, 2.05) is 42.6 Å². The van der Waals surface area contributed by atoms with E-state index in [9.17, 15) is 0 Å². The van der Waals surface area contributed by atoms with E-state index in [1.165, 1.54) is 22.3 Å². The monoisotopic (exact) mass is 489 g/mol. The standard InChI is InChI=1S/C32H31N3O2/c1-36-30-16-15-25(21-31(30)37-23-24-9-3-2-4-10-24)22-33-35-19-17-34(18-20-35)32-28-13-7-5-11-26(28)27-12-6-8-14-29(27)32/h2-16,21-22,32H,17-20,23H2,1H3/b33-22+. The number of piperazine rings is 1. The first-order valence-corrected chi connectivity index (χ1v) is 12.9. The van der Waals surface area contributed by atoms with E-state index < -0.39 is 0 Å². The van der Waals surface area contributed by atoms with Crippen molar-refractivity contribution >= 4 is 6.21 Å². The van der Waals surface area contributed by atoms with Gasteiger partial charge in [0.05, 0.1) is 19.4 Å². The van der Waals surface area contributed by atoms with Gasteiger partial charge in [-0.25, -0.2) is 0 Å². The number of methoxy groups -OCH3 is 1. The zero-order valence-corrected chi connectivity index (χ0v) is 21.1. The Balaban J connectivity index is 1.11. The number of ether oxygens (including phenoxy) is 2. The van der Waals surface area contributed by atoms with E-state index in [2.05, 4.69) is 70.6 Å². The Bertz CT molecular complexity index is 1350. The quantitative estimate of drug-likeness (QED) is 0.299. The molecule has 4 aromatic carbocycles. The fourth-order valence-corrected chi connectivity index (χ4v) is 5.38. The van der Waals surface area contributed by atoms with Crippen LogP contribution in [0.15, 0.2) is 102 Å². The van der Waals surface area contributed by atoms with Gasteiger partial charge in [-0.2, -0.15) is 5.10 Å². The third-order valence-corrected chi connectivity index (χ3v) is 7.25. The number of benzene rings is 4. The van der Waals surface area contributed by atoms with Crippen LogP contribution in [0.4, 0.5) is 0 Å². The molecule has 186 valence electrons. The number of fused-ring (bicyclic) bond motifs is 3. The highest BCUT2D eigenvalue weighted by molar-refractivity contribution is 5.81.